The highest BCUT2D eigenvalue weighted by Gasteiger charge is 2.50. The highest BCUT2D eigenvalue weighted by atomic mass is 31.2. The Morgan fingerprint density at radius 3 is 2.62 bits per heavy atom. The number of aliphatic hydroxyl groups is 1. The molecule has 1 aliphatic heterocycles. The highest BCUT2D eigenvalue weighted by molar-refractivity contribution is 7.52. The van der Waals surface area contributed by atoms with Crippen LogP contribution in [0.25, 0.3) is 0 Å². The number of nitrogens with one attached hydrogen (secondary N) is 1. The Morgan fingerprint density at radius 1 is 1.35 bits per heavy atom. The summed E-state index contributed by atoms with van der Waals surface area (Å²) in [5.41, 5.74) is 1.91. The van der Waals surface area contributed by atoms with E-state index < -0.39 is 55.6 Å². The third-order valence-corrected chi connectivity index (χ3v) is 7.89. The number of nitrogens with two attached hydrogens (primary N) is 1. The molecular formula is C25H35N4O10P. The highest BCUT2D eigenvalue weighted by Crippen LogP contribution is 2.51. The number of ether oxygens (including phenoxy) is 3. The monoisotopic (exact) mass is 582 g/mol. The molecule has 1 aliphatic rings. The zero-order valence-corrected chi connectivity index (χ0v) is 23.8. The lowest BCUT2D eigenvalue weighted by atomic mass is 9.95. The van der Waals surface area contributed by atoms with Gasteiger partial charge < -0.3 is 29.6 Å². The Kier molecular flexibility index (Phi) is 9.75. The number of rotatable bonds is 13. The molecule has 1 aromatic carbocycles. The van der Waals surface area contributed by atoms with Crippen LogP contribution < -0.4 is 25.8 Å². The third-order valence-electron chi connectivity index (χ3n) is 6.15. The Labute approximate surface area is 231 Å². The summed E-state index contributed by atoms with van der Waals surface area (Å²) in [4.78, 5) is 39.8. The average molecular weight is 583 g/mol. The number of nitrogens with zero attached hydrogens (tertiary/aromatic N) is 2. The van der Waals surface area contributed by atoms with Crippen molar-refractivity contribution in [1.82, 2.24) is 14.6 Å². The first kappa shape index (κ1) is 31.2. The summed E-state index contributed by atoms with van der Waals surface area (Å²) in [6.07, 6.45) is -0.923. The molecule has 4 N–H and O–H groups in total. The molecule has 40 heavy (non-hydrogen) atoms. The van der Waals surface area contributed by atoms with E-state index in [1.807, 2.05) is 0 Å². The van der Waals surface area contributed by atoms with Crippen molar-refractivity contribution in [3.63, 3.8) is 0 Å². The van der Waals surface area contributed by atoms with Gasteiger partial charge in [0.05, 0.1) is 18.8 Å². The minimum Gasteiger partial charge on any atom is -0.462 e. The van der Waals surface area contributed by atoms with Crippen LogP contribution in [-0.4, -0.2) is 57.1 Å². The fraction of sp³-hybridized carbons (Fsp3) is 0.520. The predicted octanol–water partition coefficient (Wildman–Crippen LogP) is 2.31. The molecule has 1 saturated heterocycles. The van der Waals surface area contributed by atoms with Gasteiger partial charge in [0.2, 0.25) is 0 Å². The SMILES string of the molecule is CC[C@]1(COP(=O)(NC(C)(C)C(=O)OC(C)C)Oc2ccccc2OC=O)O[C@@H](n2ccc(N)nc2=O)C[C@@H]1O. The van der Waals surface area contributed by atoms with Gasteiger partial charge in [-0.15, -0.1) is 0 Å². The molecule has 0 aliphatic carbocycles. The maximum Gasteiger partial charge on any atom is 0.459 e. The van der Waals surface area contributed by atoms with Crippen molar-refractivity contribution in [2.24, 2.45) is 0 Å². The molecule has 3 rings (SSSR count). The average Bonchev–Trinajstić information content (AvgIpc) is 3.19. The number of nitrogen functional groups attached to an aromatic ring is 1. The Bertz CT molecular complexity index is 1320. The Balaban J connectivity index is 1.92. The number of aliphatic hydroxyl groups excluding tert-OH is 1. The van der Waals surface area contributed by atoms with Crippen molar-refractivity contribution in [2.45, 2.75) is 77.0 Å². The van der Waals surface area contributed by atoms with E-state index in [2.05, 4.69) is 10.1 Å². The first-order valence-corrected chi connectivity index (χ1v) is 14.1. The first-order chi connectivity index (χ1) is 18.7. The van der Waals surface area contributed by atoms with Gasteiger partial charge in [0, 0.05) is 12.6 Å². The van der Waals surface area contributed by atoms with Crippen molar-refractivity contribution in [2.75, 3.05) is 12.3 Å². The van der Waals surface area contributed by atoms with Crippen molar-refractivity contribution in [3.05, 3.63) is 47.0 Å². The maximum atomic E-state index is 14.2. The van der Waals surface area contributed by atoms with Crippen molar-refractivity contribution in [3.8, 4) is 11.5 Å². The molecular weight excluding hydrogens is 547 g/mol. The molecule has 1 fully saturated rings. The van der Waals surface area contributed by atoms with Crippen LogP contribution in [0.5, 0.6) is 11.5 Å². The van der Waals surface area contributed by atoms with E-state index >= 15 is 0 Å². The van der Waals surface area contributed by atoms with Crippen LogP contribution in [-0.2, 0) is 28.2 Å². The summed E-state index contributed by atoms with van der Waals surface area (Å²) in [6.45, 7) is 7.60. The van der Waals surface area contributed by atoms with Crippen molar-refractivity contribution in [1.29, 1.82) is 0 Å². The predicted molar refractivity (Wildman–Crippen MR) is 142 cm³/mol. The smallest absolute Gasteiger partial charge is 0.459 e. The Hall–Kier alpha value is -3.29. The maximum absolute atomic E-state index is 14.2. The van der Waals surface area contributed by atoms with E-state index in [1.54, 1.807) is 32.9 Å². The molecule has 0 spiro atoms. The number of esters is 1. The number of carbonyl (C=O) groups excluding carboxylic acids is 2. The summed E-state index contributed by atoms with van der Waals surface area (Å²) in [5, 5.41) is 13.6. The Morgan fingerprint density at radius 2 is 2.02 bits per heavy atom. The van der Waals surface area contributed by atoms with Crippen LogP contribution >= 0.6 is 7.75 Å². The molecule has 14 nitrogen and oxygen atoms in total. The number of hydrogen-bond acceptors (Lipinski definition) is 12. The molecule has 2 heterocycles. The van der Waals surface area contributed by atoms with E-state index in [-0.39, 0.29) is 36.6 Å². The molecule has 0 radical (unpaired) electrons. The third kappa shape index (κ3) is 7.26. The van der Waals surface area contributed by atoms with Gasteiger partial charge in [-0.25, -0.2) is 9.36 Å². The molecule has 15 heteroatoms. The van der Waals surface area contributed by atoms with E-state index in [9.17, 15) is 24.1 Å². The topological polar surface area (TPSA) is 191 Å². The molecule has 1 aromatic heterocycles. The van der Waals surface area contributed by atoms with Gasteiger partial charge >= 0.3 is 19.4 Å². The van der Waals surface area contributed by atoms with E-state index in [4.69, 9.17) is 29.0 Å². The molecule has 0 saturated carbocycles. The van der Waals surface area contributed by atoms with Crippen molar-refractivity contribution < 1.29 is 42.5 Å². The van der Waals surface area contributed by atoms with E-state index in [0.29, 0.717) is 0 Å². The van der Waals surface area contributed by atoms with Gasteiger partial charge in [0.1, 0.15) is 23.2 Å². The second-order valence-corrected chi connectivity index (χ2v) is 11.7. The van der Waals surface area contributed by atoms with Gasteiger partial charge in [0.25, 0.3) is 6.47 Å². The fourth-order valence-electron chi connectivity index (χ4n) is 4.00. The summed E-state index contributed by atoms with van der Waals surface area (Å²) in [6, 6.07) is 7.34. The zero-order valence-electron chi connectivity index (χ0n) is 22.9. The minimum absolute atomic E-state index is 0.00348. The van der Waals surface area contributed by atoms with E-state index in [1.165, 1.54) is 42.8 Å². The van der Waals surface area contributed by atoms with Crippen LogP contribution in [0.3, 0.4) is 0 Å². The standard InChI is InChI=1S/C25H35N4O10P/c1-6-25(19(31)13-21(38-25)29-12-11-20(26)27-23(29)33)14-36-40(34,28-24(4,5)22(32)37-16(2)3)39-18-10-8-7-9-17(18)35-15-30/h7-12,15-16,19,21,31H,6,13-14H2,1-5H3,(H,28,34)(H2,26,27,33)/t19-,21+,25+,40?/m0/s1. The quantitative estimate of drug-likeness (QED) is 0.177. The van der Waals surface area contributed by atoms with E-state index in [0.717, 1.165) is 0 Å². The number of anilines is 1. The lowest BCUT2D eigenvalue weighted by molar-refractivity contribution is -0.153. The van der Waals surface area contributed by atoms with Crippen molar-refractivity contribution >= 4 is 26.0 Å². The van der Waals surface area contributed by atoms with Crippen LogP contribution in [0.15, 0.2) is 41.3 Å². The minimum atomic E-state index is -4.49. The molecule has 1 unspecified atom stereocenters. The number of benzene rings is 1. The van der Waals surface area contributed by atoms with Crippen LogP contribution in [0.4, 0.5) is 5.82 Å². The second-order valence-electron chi connectivity index (χ2n) is 10.00. The molecule has 0 amide bonds. The van der Waals surface area contributed by atoms with Gasteiger partial charge in [-0.2, -0.15) is 10.1 Å². The van der Waals surface area contributed by atoms with Crippen LogP contribution in [0.2, 0.25) is 0 Å². The van der Waals surface area contributed by atoms with Gasteiger partial charge in [-0.1, -0.05) is 19.1 Å². The lowest BCUT2D eigenvalue weighted by Gasteiger charge is -2.34. The largest absolute Gasteiger partial charge is 0.462 e. The van der Waals surface area contributed by atoms with Gasteiger partial charge in [0.15, 0.2) is 11.5 Å². The number of hydrogen-bond donors (Lipinski definition) is 3. The van der Waals surface area contributed by atoms with Gasteiger partial charge in [-0.3, -0.25) is 18.7 Å². The molecule has 0 bridgehead atoms. The summed E-state index contributed by atoms with van der Waals surface area (Å²) in [5.74, 6) is -0.867. The zero-order chi connectivity index (χ0) is 29.7. The van der Waals surface area contributed by atoms with Crippen LogP contribution in [0, 0.1) is 0 Å². The first-order valence-electron chi connectivity index (χ1n) is 12.6. The van der Waals surface area contributed by atoms with Crippen LogP contribution in [0.1, 0.15) is 53.7 Å². The van der Waals surface area contributed by atoms with Gasteiger partial charge in [-0.05, 0) is 52.3 Å². The summed E-state index contributed by atoms with van der Waals surface area (Å²) < 4.78 is 43.2. The molecule has 220 valence electrons. The molecule has 2 aromatic rings. The summed E-state index contributed by atoms with van der Waals surface area (Å²) >= 11 is 0. The fourth-order valence-corrected chi connectivity index (χ4v) is 5.74. The second kappa shape index (κ2) is 12.5. The molecule has 4 atom stereocenters. The number of para-hydroxylation sites is 2. The summed E-state index contributed by atoms with van der Waals surface area (Å²) in [7, 11) is -4.49. The number of carbonyl (C=O) groups is 2. The number of aromatic nitrogens is 2. The normalized spacial score (nSPS) is 22.5. The lowest BCUT2D eigenvalue weighted by Crippen LogP contribution is -2.49.